The van der Waals surface area contributed by atoms with Crippen LogP contribution in [0.3, 0.4) is 0 Å². The van der Waals surface area contributed by atoms with E-state index in [0.717, 1.165) is 0 Å². The highest BCUT2D eigenvalue weighted by molar-refractivity contribution is 14.1. The van der Waals surface area contributed by atoms with E-state index >= 15 is 0 Å². The number of nitriles is 1. The molecular weight excluding hydrogens is 268 g/mol. The van der Waals surface area contributed by atoms with Crippen molar-refractivity contribution in [3.8, 4) is 6.07 Å². The molecule has 0 heterocycles. The lowest BCUT2D eigenvalue weighted by Gasteiger charge is -1.94. The van der Waals surface area contributed by atoms with Crippen molar-refractivity contribution in [1.29, 1.82) is 5.26 Å². The Bertz CT molecular complexity index is 335. The number of halogens is 2. The molecule has 1 nitrogen and oxygen atoms in total. The Balaban J connectivity index is 3.02. The maximum Gasteiger partial charge on any atom is 0.136 e. The summed E-state index contributed by atoms with van der Waals surface area (Å²) in [6.07, 6.45) is 0. The highest BCUT2D eigenvalue weighted by atomic mass is 127. The normalized spacial score (nSPS) is 10.9. The zero-order valence-corrected chi connectivity index (χ0v) is 8.25. The van der Waals surface area contributed by atoms with Crippen molar-refractivity contribution in [2.75, 3.05) is 0 Å². The fraction of sp³-hybridized carbons (Fsp3) is 0. The highest BCUT2D eigenvalue weighted by Gasteiger charge is 1.97. The van der Waals surface area contributed by atoms with Gasteiger partial charge in [0.05, 0.1) is 11.6 Å². The molecule has 0 aromatic heterocycles. The lowest BCUT2D eigenvalue weighted by Crippen LogP contribution is -1.77. The Morgan fingerprint density at radius 1 is 1.42 bits per heavy atom. The first-order valence-corrected chi connectivity index (χ1v) is 4.49. The quantitative estimate of drug-likeness (QED) is 0.720. The van der Waals surface area contributed by atoms with Gasteiger partial charge in [0, 0.05) is 9.65 Å². The summed E-state index contributed by atoms with van der Waals surface area (Å²) in [4.78, 5) is 0. The number of hydrogen-bond donors (Lipinski definition) is 0. The van der Waals surface area contributed by atoms with Gasteiger partial charge in [0.15, 0.2) is 0 Å². The number of rotatable bonds is 1. The van der Waals surface area contributed by atoms with Gasteiger partial charge in [0.2, 0.25) is 0 Å². The average molecular weight is 273 g/mol. The van der Waals surface area contributed by atoms with E-state index in [1.54, 1.807) is 24.3 Å². The predicted octanol–water partition coefficient (Wildman–Crippen LogP) is 3.26. The molecule has 1 aromatic carbocycles. The molecule has 0 aliphatic rings. The SMILES string of the molecule is N#Cc1ccc(/C(F)=C/I)cc1. The molecule has 1 rings (SSSR count). The second kappa shape index (κ2) is 4.21. The minimum atomic E-state index is -0.278. The largest absolute Gasteiger partial charge is 0.206 e. The Hall–Kier alpha value is -0.890. The summed E-state index contributed by atoms with van der Waals surface area (Å²) in [5, 5.41) is 8.46. The molecule has 0 saturated heterocycles. The first-order valence-electron chi connectivity index (χ1n) is 3.24. The van der Waals surface area contributed by atoms with Crippen LogP contribution in [0.4, 0.5) is 4.39 Å². The van der Waals surface area contributed by atoms with Gasteiger partial charge in [-0.3, -0.25) is 0 Å². The van der Waals surface area contributed by atoms with Crippen molar-refractivity contribution in [3.63, 3.8) is 0 Å². The molecule has 0 amide bonds. The van der Waals surface area contributed by atoms with E-state index in [1.807, 2.05) is 28.7 Å². The second-order valence-corrected chi connectivity index (χ2v) is 2.77. The minimum absolute atomic E-state index is 0.278. The zero-order valence-electron chi connectivity index (χ0n) is 6.09. The van der Waals surface area contributed by atoms with Gasteiger partial charge in [0.1, 0.15) is 5.83 Å². The smallest absolute Gasteiger partial charge is 0.136 e. The third kappa shape index (κ3) is 2.05. The number of hydrogen-bond acceptors (Lipinski definition) is 1. The summed E-state index contributed by atoms with van der Waals surface area (Å²) >= 11 is 1.83. The lowest BCUT2D eigenvalue weighted by molar-refractivity contribution is 0.763. The summed E-state index contributed by atoms with van der Waals surface area (Å²) in [5.41, 5.74) is 1.04. The number of benzene rings is 1. The van der Waals surface area contributed by atoms with Gasteiger partial charge in [-0.15, -0.1) is 0 Å². The molecule has 0 radical (unpaired) electrons. The van der Waals surface area contributed by atoms with Gasteiger partial charge in [-0.25, -0.2) is 4.39 Å². The molecule has 0 bridgehead atoms. The van der Waals surface area contributed by atoms with E-state index in [-0.39, 0.29) is 5.83 Å². The first kappa shape index (κ1) is 9.20. The molecule has 1 aromatic rings. The summed E-state index contributed by atoms with van der Waals surface area (Å²) in [5.74, 6) is -0.278. The van der Waals surface area contributed by atoms with E-state index in [0.29, 0.717) is 11.1 Å². The second-order valence-electron chi connectivity index (χ2n) is 2.15. The molecular formula is C9H5FIN. The van der Waals surface area contributed by atoms with Crippen LogP contribution in [0.2, 0.25) is 0 Å². The van der Waals surface area contributed by atoms with E-state index in [9.17, 15) is 4.39 Å². The zero-order chi connectivity index (χ0) is 8.97. The van der Waals surface area contributed by atoms with Crippen molar-refractivity contribution < 1.29 is 4.39 Å². The van der Waals surface area contributed by atoms with Crippen molar-refractivity contribution >= 4 is 28.4 Å². The van der Waals surface area contributed by atoms with Gasteiger partial charge >= 0.3 is 0 Å². The van der Waals surface area contributed by atoms with Crippen molar-refractivity contribution in [2.24, 2.45) is 0 Å². The van der Waals surface area contributed by atoms with Crippen LogP contribution in [0.5, 0.6) is 0 Å². The van der Waals surface area contributed by atoms with Crippen LogP contribution in [-0.4, -0.2) is 0 Å². The Morgan fingerprint density at radius 2 is 2.00 bits per heavy atom. The summed E-state index contributed by atoms with van der Waals surface area (Å²) < 4.78 is 14.2. The molecule has 0 N–H and O–H groups in total. The van der Waals surface area contributed by atoms with Crippen molar-refractivity contribution in [2.45, 2.75) is 0 Å². The van der Waals surface area contributed by atoms with E-state index in [4.69, 9.17) is 5.26 Å². The van der Waals surface area contributed by atoms with Crippen LogP contribution in [-0.2, 0) is 0 Å². The van der Waals surface area contributed by atoms with Gasteiger partial charge in [-0.1, -0.05) is 12.1 Å². The Morgan fingerprint density at radius 3 is 2.42 bits per heavy atom. The average Bonchev–Trinajstić information content (AvgIpc) is 2.17. The van der Waals surface area contributed by atoms with Crippen LogP contribution in [0.25, 0.3) is 5.83 Å². The highest BCUT2D eigenvalue weighted by Crippen LogP contribution is 2.17. The van der Waals surface area contributed by atoms with Gasteiger partial charge in [-0.05, 0) is 34.7 Å². The summed E-state index contributed by atoms with van der Waals surface area (Å²) in [7, 11) is 0. The molecule has 0 spiro atoms. The van der Waals surface area contributed by atoms with Gasteiger partial charge in [-0.2, -0.15) is 5.26 Å². The van der Waals surface area contributed by atoms with Crippen LogP contribution in [0, 0.1) is 11.3 Å². The molecule has 0 fully saturated rings. The molecule has 0 unspecified atom stereocenters. The summed E-state index contributed by atoms with van der Waals surface area (Å²) in [6.45, 7) is 0. The van der Waals surface area contributed by atoms with Crippen molar-refractivity contribution in [3.05, 3.63) is 39.5 Å². The monoisotopic (exact) mass is 273 g/mol. The lowest BCUT2D eigenvalue weighted by atomic mass is 10.1. The molecule has 12 heavy (non-hydrogen) atoms. The fourth-order valence-electron chi connectivity index (χ4n) is 0.767. The maximum atomic E-state index is 12.9. The van der Waals surface area contributed by atoms with E-state index in [1.165, 1.54) is 4.08 Å². The van der Waals surface area contributed by atoms with Crippen molar-refractivity contribution in [1.82, 2.24) is 0 Å². The Kier molecular flexibility index (Phi) is 3.23. The van der Waals surface area contributed by atoms with E-state index in [2.05, 4.69) is 0 Å². The molecule has 0 aliphatic carbocycles. The van der Waals surface area contributed by atoms with Gasteiger partial charge < -0.3 is 0 Å². The van der Waals surface area contributed by atoms with E-state index < -0.39 is 0 Å². The van der Waals surface area contributed by atoms with Crippen LogP contribution < -0.4 is 0 Å². The predicted molar refractivity (Wildman–Crippen MR) is 54.3 cm³/mol. The third-order valence-corrected chi connectivity index (χ3v) is 1.93. The van der Waals surface area contributed by atoms with Gasteiger partial charge in [0.25, 0.3) is 0 Å². The minimum Gasteiger partial charge on any atom is -0.206 e. The number of nitrogens with zero attached hydrogens (tertiary/aromatic N) is 1. The summed E-state index contributed by atoms with van der Waals surface area (Å²) in [6, 6.07) is 8.32. The standard InChI is InChI=1S/C9H5FIN/c10-9(5-11)8-3-1-7(6-12)2-4-8/h1-5H/b9-5-. The topological polar surface area (TPSA) is 23.8 Å². The molecule has 0 atom stereocenters. The van der Waals surface area contributed by atoms with Crippen LogP contribution in [0.15, 0.2) is 28.3 Å². The molecule has 3 heteroatoms. The fourth-order valence-corrected chi connectivity index (χ4v) is 1.13. The first-order chi connectivity index (χ1) is 5.77. The molecule has 0 saturated carbocycles. The van der Waals surface area contributed by atoms with Crippen LogP contribution in [0.1, 0.15) is 11.1 Å². The molecule has 60 valence electrons. The maximum absolute atomic E-state index is 12.9. The van der Waals surface area contributed by atoms with Crippen LogP contribution >= 0.6 is 22.6 Å². The third-order valence-electron chi connectivity index (χ3n) is 1.39. The molecule has 0 aliphatic heterocycles. The Labute approximate surface area is 83.7 Å².